The first-order chi connectivity index (χ1) is 9.44. The maximum atomic E-state index is 12.0. The number of anilines is 1. The van der Waals surface area contributed by atoms with Crippen molar-refractivity contribution in [3.05, 3.63) is 28.2 Å². The summed E-state index contributed by atoms with van der Waals surface area (Å²) in [7, 11) is 0. The molecule has 1 unspecified atom stereocenters. The Morgan fingerprint density at radius 2 is 2.20 bits per heavy atom. The fourth-order valence-electron chi connectivity index (χ4n) is 2.00. The molecule has 0 aromatic heterocycles. The summed E-state index contributed by atoms with van der Waals surface area (Å²) in [4.78, 5) is 23.3. The predicted molar refractivity (Wildman–Crippen MR) is 76.8 cm³/mol. The number of hydrogen-bond donors (Lipinski definition) is 3. The van der Waals surface area contributed by atoms with E-state index in [0.29, 0.717) is 12.3 Å². The lowest BCUT2D eigenvalue weighted by molar-refractivity contribution is -0.144. The zero-order valence-electron chi connectivity index (χ0n) is 10.9. The van der Waals surface area contributed by atoms with Gasteiger partial charge in [-0.05, 0) is 34.5 Å². The lowest BCUT2D eigenvalue weighted by atomic mass is 9.99. The summed E-state index contributed by atoms with van der Waals surface area (Å²) in [5.41, 5.74) is 0.210. The number of nitrogens with one attached hydrogen (secondary N) is 2. The molecule has 0 saturated carbocycles. The van der Waals surface area contributed by atoms with E-state index < -0.39 is 17.5 Å². The number of aliphatic carboxylic acids is 1. The molecule has 20 heavy (non-hydrogen) atoms. The van der Waals surface area contributed by atoms with Crippen molar-refractivity contribution in [1.82, 2.24) is 5.32 Å². The smallest absolute Gasteiger partial charge is 0.332 e. The van der Waals surface area contributed by atoms with E-state index in [1.54, 1.807) is 12.1 Å². The van der Waals surface area contributed by atoms with E-state index in [-0.39, 0.29) is 13.0 Å². The molecule has 0 aliphatic carbocycles. The van der Waals surface area contributed by atoms with Crippen molar-refractivity contribution in [3.8, 4) is 0 Å². The molecule has 0 bridgehead atoms. The summed E-state index contributed by atoms with van der Waals surface area (Å²) in [5.74, 6) is -1.09. The number of halogens is 1. The molecule has 0 radical (unpaired) electrons. The van der Waals surface area contributed by atoms with Crippen LogP contribution in [-0.4, -0.2) is 35.9 Å². The molecule has 2 rings (SSSR count). The molecule has 1 fully saturated rings. The Bertz CT molecular complexity index is 541. The highest BCUT2D eigenvalue weighted by Gasteiger charge is 2.44. The molecule has 2 amide bonds. The van der Waals surface area contributed by atoms with Crippen LogP contribution in [0.5, 0.6) is 0 Å². The minimum atomic E-state index is -1.35. The Morgan fingerprint density at radius 3 is 2.80 bits per heavy atom. The molecular formula is C13H15BrN2O4. The second-order valence-electron chi connectivity index (χ2n) is 4.71. The second-order valence-corrected chi connectivity index (χ2v) is 5.50. The molecule has 1 atom stereocenters. The Hall–Kier alpha value is -1.60. The fraction of sp³-hybridized carbons (Fsp3) is 0.385. The Morgan fingerprint density at radius 1 is 1.45 bits per heavy atom. The number of carboxylic acids is 1. The van der Waals surface area contributed by atoms with Crippen LogP contribution in [0.4, 0.5) is 10.5 Å². The van der Waals surface area contributed by atoms with Gasteiger partial charge in [0.25, 0.3) is 0 Å². The van der Waals surface area contributed by atoms with Crippen molar-refractivity contribution in [1.29, 1.82) is 0 Å². The van der Waals surface area contributed by atoms with E-state index in [2.05, 4.69) is 26.6 Å². The average Bonchev–Trinajstić information content (AvgIpc) is 2.85. The van der Waals surface area contributed by atoms with Gasteiger partial charge in [0.2, 0.25) is 0 Å². The highest BCUT2D eigenvalue weighted by atomic mass is 79.9. The number of rotatable bonds is 3. The summed E-state index contributed by atoms with van der Waals surface area (Å²) in [6.07, 6.45) is 0.255. The van der Waals surface area contributed by atoms with Gasteiger partial charge >= 0.3 is 12.0 Å². The summed E-state index contributed by atoms with van der Waals surface area (Å²) < 4.78 is 5.85. The minimum Gasteiger partial charge on any atom is -0.479 e. The van der Waals surface area contributed by atoms with E-state index in [1.165, 1.54) is 0 Å². The number of urea groups is 1. The average molecular weight is 343 g/mol. The van der Waals surface area contributed by atoms with Crippen molar-refractivity contribution in [2.75, 3.05) is 18.5 Å². The fourth-order valence-corrected chi connectivity index (χ4v) is 2.36. The minimum absolute atomic E-state index is 0.0231. The van der Waals surface area contributed by atoms with Gasteiger partial charge in [-0.2, -0.15) is 0 Å². The van der Waals surface area contributed by atoms with Crippen molar-refractivity contribution in [2.45, 2.75) is 18.9 Å². The number of carboxylic acid groups (broad SMARTS) is 1. The number of hydrogen-bond acceptors (Lipinski definition) is 3. The van der Waals surface area contributed by atoms with Gasteiger partial charge in [0.1, 0.15) is 0 Å². The van der Waals surface area contributed by atoms with Gasteiger partial charge in [-0.25, -0.2) is 9.59 Å². The van der Waals surface area contributed by atoms with E-state index in [9.17, 15) is 14.7 Å². The zero-order valence-corrected chi connectivity index (χ0v) is 12.5. The lowest BCUT2D eigenvalue weighted by Gasteiger charge is -2.24. The standard InChI is InChI=1S/C13H15BrN2O4/c1-8-3-2-4-9(10(8)14)15-12(19)16-13(11(17)18)5-6-20-7-13/h2-4H,5-7H2,1H3,(H,17,18)(H2,15,16,19). The van der Waals surface area contributed by atoms with Crippen LogP contribution in [-0.2, 0) is 9.53 Å². The molecule has 7 heteroatoms. The van der Waals surface area contributed by atoms with E-state index in [1.807, 2.05) is 13.0 Å². The molecule has 0 spiro atoms. The van der Waals surface area contributed by atoms with Gasteiger partial charge in [0.05, 0.1) is 12.3 Å². The van der Waals surface area contributed by atoms with Crippen molar-refractivity contribution in [3.63, 3.8) is 0 Å². The van der Waals surface area contributed by atoms with Crippen LogP contribution in [0.25, 0.3) is 0 Å². The third-order valence-electron chi connectivity index (χ3n) is 3.22. The van der Waals surface area contributed by atoms with E-state index >= 15 is 0 Å². The highest BCUT2D eigenvalue weighted by Crippen LogP contribution is 2.26. The van der Waals surface area contributed by atoms with Crippen LogP contribution in [0, 0.1) is 6.92 Å². The first-order valence-corrected chi connectivity index (χ1v) is 6.89. The highest BCUT2D eigenvalue weighted by molar-refractivity contribution is 9.10. The van der Waals surface area contributed by atoms with Gasteiger partial charge in [-0.15, -0.1) is 0 Å². The largest absolute Gasteiger partial charge is 0.479 e. The Balaban J connectivity index is 2.09. The van der Waals surface area contributed by atoms with Crippen LogP contribution in [0.3, 0.4) is 0 Å². The molecule has 1 heterocycles. The van der Waals surface area contributed by atoms with Crippen LogP contribution < -0.4 is 10.6 Å². The van der Waals surface area contributed by atoms with Crippen LogP contribution in [0.1, 0.15) is 12.0 Å². The molecule has 1 aliphatic rings. The van der Waals surface area contributed by atoms with Crippen LogP contribution >= 0.6 is 15.9 Å². The number of carbonyl (C=O) groups excluding carboxylic acids is 1. The SMILES string of the molecule is Cc1cccc(NC(=O)NC2(C(=O)O)CCOC2)c1Br. The monoisotopic (exact) mass is 342 g/mol. The third-order valence-corrected chi connectivity index (χ3v) is 4.28. The molecule has 1 aromatic carbocycles. The summed E-state index contributed by atoms with van der Waals surface area (Å²) in [5, 5.41) is 14.4. The Labute approximate surface area is 124 Å². The molecular weight excluding hydrogens is 328 g/mol. The summed E-state index contributed by atoms with van der Waals surface area (Å²) in [6, 6.07) is 4.87. The van der Waals surface area contributed by atoms with Gasteiger partial charge in [-0.1, -0.05) is 12.1 Å². The van der Waals surface area contributed by atoms with Gasteiger partial charge in [0, 0.05) is 17.5 Å². The third kappa shape index (κ3) is 2.94. The first kappa shape index (κ1) is 14.8. The lowest BCUT2D eigenvalue weighted by Crippen LogP contribution is -2.56. The second kappa shape index (κ2) is 5.80. The zero-order chi connectivity index (χ0) is 14.8. The van der Waals surface area contributed by atoms with Crippen molar-refractivity contribution in [2.24, 2.45) is 0 Å². The van der Waals surface area contributed by atoms with E-state index in [4.69, 9.17) is 4.74 Å². The summed E-state index contributed by atoms with van der Waals surface area (Å²) >= 11 is 3.38. The van der Waals surface area contributed by atoms with Gasteiger partial charge < -0.3 is 20.5 Å². The molecule has 1 aromatic rings. The number of ether oxygens (including phenoxy) is 1. The molecule has 108 valence electrons. The number of aryl methyl sites for hydroxylation is 1. The number of benzene rings is 1. The van der Waals surface area contributed by atoms with Gasteiger partial charge in [-0.3, -0.25) is 0 Å². The number of amides is 2. The molecule has 3 N–H and O–H groups in total. The van der Waals surface area contributed by atoms with Crippen molar-refractivity contribution < 1.29 is 19.4 Å². The molecule has 1 saturated heterocycles. The molecule has 6 nitrogen and oxygen atoms in total. The van der Waals surface area contributed by atoms with Crippen LogP contribution in [0.15, 0.2) is 22.7 Å². The first-order valence-electron chi connectivity index (χ1n) is 6.10. The topological polar surface area (TPSA) is 87.7 Å². The maximum Gasteiger partial charge on any atom is 0.332 e. The maximum absolute atomic E-state index is 12.0. The summed E-state index contributed by atoms with van der Waals surface area (Å²) in [6.45, 7) is 2.20. The van der Waals surface area contributed by atoms with Gasteiger partial charge in [0.15, 0.2) is 5.54 Å². The molecule has 1 aliphatic heterocycles. The Kier molecular flexibility index (Phi) is 4.29. The quantitative estimate of drug-likeness (QED) is 0.785. The van der Waals surface area contributed by atoms with Crippen LogP contribution in [0.2, 0.25) is 0 Å². The number of carbonyl (C=O) groups is 2. The predicted octanol–water partition coefficient (Wildman–Crippen LogP) is 2.12. The van der Waals surface area contributed by atoms with E-state index in [0.717, 1.165) is 10.0 Å². The normalized spacial score (nSPS) is 21.5. The van der Waals surface area contributed by atoms with Crippen molar-refractivity contribution >= 4 is 33.6 Å².